The lowest BCUT2D eigenvalue weighted by atomic mass is 10.0. The number of aliphatic hydroxyl groups is 2. The molecule has 0 aromatic heterocycles. The molecule has 0 fully saturated rings. The molecule has 0 rings (SSSR count). The highest BCUT2D eigenvalue weighted by Crippen LogP contribution is 2.18. The van der Waals surface area contributed by atoms with Gasteiger partial charge < -0.3 is 15.5 Å². The summed E-state index contributed by atoms with van der Waals surface area (Å²) in [5.74, 6) is -0.0670. The van der Waals surface area contributed by atoms with E-state index in [1.54, 1.807) is 6.08 Å². The number of hydrogen-bond acceptors (Lipinski definition) is 3. The van der Waals surface area contributed by atoms with Crippen molar-refractivity contribution >= 4 is 5.91 Å². The average molecular weight is 1060 g/mol. The predicted octanol–water partition coefficient (Wildman–Crippen LogP) is 23.5. The molecule has 0 aliphatic rings. The van der Waals surface area contributed by atoms with E-state index in [0.717, 1.165) is 44.9 Å². The second kappa shape index (κ2) is 67.4. The van der Waals surface area contributed by atoms with E-state index in [4.69, 9.17) is 0 Å². The highest BCUT2D eigenvalue weighted by molar-refractivity contribution is 5.76. The van der Waals surface area contributed by atoms with Crippen molar-refractivity contribution in [3.63, 3.8) is 0 Å². The summed E-state index contributed by atoms with van der Waals surface area (Å²) in [6.07, 6.45) is 96.0. The molecule has 446 valence electrons. The van der Waals surface area contributed by atoms with Gasteiger partial charge in [-0.1, -0.05) is 357 Å². The van der Waals surface area contributed by atoms with Crippen LogP contribution in [0.5, 0.6) is 0 Å². The van der Waals surface area contributed by atoms with Crippen LogP contribution >= 0.6 is 0 Å². The van der Waals surface area contributed by atoms with Crippen LogP contribution in [0.3, 0.4) is 0 Å². The summed E-state index contributed by atoms with van der Waals surface area (Å²) in [6.45, 7) is 4.32. The van der Waals surface area contributed by atoms with Gasteiger partial charge in [-0.15, -0.1) is 0 Å². The summed E-state index contributed by atoms with van der Waals surface area (Å²) in [7, 11) is 0. The van der Waals surface area contributed by atoms with Crippen LogP contribution in [-0.2, 0) is 4.79 Å². The van der Waals surface area contributed by atoms with Gasteiger partial charge in [-0.2, -0.15) is 0 Å². The number of carbonyl (C=O) groups is 1. The Morgan fingerprint density at radius 2 is 0.553 bits per heavy atom. The zero-order valence-corrected chi connectivity index (χ0v) is 51.5. The highest BCUT2D eigenvalue weighted by atomic mass is 16.3. The van der Waals surface area contributed by atoms with Crippen molar-refractivity contribution in [1.82, 2.24) is 5.32 Å². The van der Waals surface area contributed by atoms with E-state index in [1.165, 1.54) is 308 Å². The fraction of sp³-hybridized carbons (Fsp3) is 0.847. The Morgan fingerprint density at radius 1 is 0.316 bits per heavy atom. The van der Waals surface area contributed by atoms with Crippen LogP contribution in [0, 0.1) is 0 Å². The van der Waals surface area contributed by atoms with Crippen LogP contribution in [-0.4, -0.2) is 34.9 Å². The molecule has 0 radical (unpaired) electrons. The van der Waals surface area contributed by atoms with Gasteiger partial charge in [-0.25, -0.2) is 0 Å². The molecule has 0 aliphatic carbocycles. The molecule has 0 bridgehead atoms. The number of allylic oxidation sites excluding steroid dienone is 9. The van der Waals surface area contributed by atoms with Crippen LogP contribution < -0.4 is 5.32 Å². The molecule has 4 heteroatoms. The van der Waals surface area contributed by atoms with E-state index >= 15 is 0 Å². The van der Waals surface area contributed by atoms with Crippen molar-refractivity contribution in [2.24, 2.45) is 0 Å². The molecule has 2 unspecified atom stereocenters. The third-order valence-electron chi connectivity index (χ3n) is 16.0. The standard InChI is InChI=1S/C72H135NO3/c1-3-5-7-9-11-13-15-17-19-21-23-25-27-28-29-30-31-32-33-34-35-36-37-38-39-40-41-42-43-44-46-48-50-52-54-56-58-60-62-64-66-68-72(76)73-70(69-74)71(75)67-65-63-61-59-57-55-53-51-49-47-45-26-24-22-20-18-16-14-12-10-8-6-4-2/h15,17,21,23,27-28,57,59,65,67,70-71,74-75H,3-14,16,18-20,22,24-26,29-56,58,60-64,66,68-69H2,1-2H3,(H,73,76)/b17-15-,23-21-,28-27-,59-57+,67-65+. The quantitative estimate of drug-likeness (QED) is 0.0420. The molecule has 0 aromatic rings. The van der Waals surface area contributed by atoms with Crippen LogP contribution in [0.2, 0.25) is 0 Å². The zero-order valence-electron chi connectivity index (χ0n) is 51.5. The summed E-state index contributed by atoms with van der Waals surface area (Å²) < 4.78 is 0. The second-order valence-corrected chi connectivity index (χ2v) is 23.6. The fourth-order valence-electron chi connectivity index (χ4n) is 10.7. The molecular formula is C72H135NO3. The van der Waals surface area contributed by atoms with Crippen molar-refractivity contribution in [3.8, 4) is 0 Å². The van der Waals surface area contributed by atoms with Crippen molar-refractivity contribution in [1.29, 1.82) is 0 Å². The lowest BCUT2D eigenvalue weighted by molar-refractivity contribution is -0.123. The van der Waals surface area contributed by atoms with Gasteiger partial charge in [0.15, 0.2) is 0 Å². The van der Waals surface area contributed by atoms with Gasteiger partial charge in [0.1, 0.15) is 0 Å². The fourth-order valence-corrected chi connectivity index (χ4v) is 10.7. The van der Waals surface area contributed by atoms with Gasteiger partial charge >= 0.3 is 0 Å². The molecule has 0 saturated carbocycles. The molecule has 4 nitrogen and oxygen atoms in total. The van der Waals surface area contributed by atoms with Crippen LogP contribution in [0.4, 0.5) is 0 Å². The van der Waals surface area contributed by atoms with Gasteiger partial charge in [-0.05, 0) is 70.6 Å². The zero-order chi connectivity index (χ0) is 54.8. The maximum absolute atomic E-state index is 12.5. The Balaban J connectivity index is 3.43. The van der Waals surface area contributed by atoms with Gasteiger partial charge in [0.25, 0.3) is 0 Å². The largest absolute Gasteiger partial charge is 0.394 e. The Hall–Kier alpha value is -1.91. The van der Waals surface area contributed by atoms with Crippen LogP contribution in [0.25, 0.3) is 0 Å². The maximum atomic E-state index is 12.5. The number of aliphatic hydroxyl groups excluding tert-OH is 2. The number of rotatable bonds is 64. The first-order valence-electron chi connectivity index (χ1n) is 34.5. The topological polar surface area (TPSA) is 69.6 Å². The van der Waals surface area contributed by atoms with Crippen molar-refractivity contribution < 1.29 is 15.0 Å². The number of carbonyl (C=O) groups excluding carboxylic acids is 1. The third kappa shape index (κ3) is 62.9. The molecule has 3 N–H and O–H groups in total. The van der Waals surface area contributed by atoms with E-state index in [0.29, 0.717) is 6.42 Å². The van der Waals surface area contributed by atoms with Crippen molar-refractivity contribution in [2.45, 2.75) is 386 Å². The van der Waals surface area contributed by atoms with Gasteiger partial charge in [0, 0.05) is 6.42 Å². The third-order valence-corrected chi connectivity index (χ3v) is 16.0. The molecule has 0 aliphatic heterocycles. The SMILES string of the molecule is CCCCCCC/C=C\C/C=C\C/C=C\CCCCCCCCCCCCCCCCCCCCCCCCCCCCC(=O)NC(CO)C(O)/C=C/CC/C=C/CCCCCCCCCCCCCCCCCCC. The second-order valence-electron chi connectivity index (χ2n) is 23.6. The molecule has 0 spiro atoms. The molecule has 1 amide bonds. The van der Waals surface area contributed by atoms with E-state index in [9.17, 15) is 15.0 Å². The predicted molar refractivity (Wildman–Crippen MR) is 341 cm³/mol. The van der Waals surface area contributed by atoms with Gasteiger partial charge in [0.2, 0.25) is 5.91 Å². The molecule has 0 heterocycles. The van der Waals surface area contributed by atoms with E-state index in [2.05, 4.69) is 67.8 Å². The summed E-state index contributed by atoms with van der Waals surface area (Å²) in [6, 6.07) is -0.640. The van der Waals surface area contributed by atoms with Gasteiger partial charge in [-0.3, -0.25) is 4.79 Å². The first-order valence-corrected chi connectivity index (χ1v) is 34.5. The summed E-state index contributed by atoms with van der Waals surface area (Å²) in [4.78, 5) is 12.5. The minimum absolute atomic E-state index is 0.0670. The van der Waals surface area contributed by atoms with E-state index < -0.39 is 12.1 Å². The number of amides is 1. The summed E-state index contributed by atoms with van der Waals surface area (Å²) in [5, 5.41) is 23.2. The van der Waals surface area contributed by atoms with Crippen molar-refractivity contribution in [3.05, 3.63) is 60.8 Å². The molecule has 2 atom stereocenters. The number of unbranched alkanes of at least 4 members (excludes halogenated alkanes) is 49. The van der Waals surface area contributed by atoms with Crippen LogP contribution in [0.15, 0.2) is 60.8 Å². The van der Waals surface area contributed by atoms with Crippen LogP contribution in [0.1, 0.15) is 373 Å². The van der Waals surface area contributed by atoms with E-state index in [1.807, 2.05) is 6.08 Å². The summed E-state index contributed by atoms with van der Waals surface area (Å²) in [5.41, 5.74) is 0. The Kier molecular flexibility index (Phi) is 65.7. The van der Waals surface area contributed by atoms with E-state index in [-0.39, 0.29) is 12.5 Å². The molecular weight excluding hydrogens is 927 g/mol. The Labute approximate surface area is 477 Å². The van der Waals surface area contributed by atoms with Gasteiger partial charge in [0.05, 0.1) is 18.8 Å². The smallest absolute Gasteiger partial charge is 0.220 e. The lowest BCUT2D eigenvalue weighted by Crippen LogP contribution is -2.45. The lowest BCUT2D eigenvalue weighted by Gasteiger charge is -2.19. The number of nitrogens with one attached hydrogen (secondary N) is 1. The minimum atomic E-state index is -0.863. The molecule has 0 aromatic carbocycles. The normalized spacial score (nSPS) is 13.1. The minimum Gasteiger partial charge on any atom is -0.394 e. The number of hydrogen-bond donors (Lipinski definition) is 3. The Bertz CT molecular complexity index is 1250. The first-order chi connectivity index (χ1) is 37.7. The molecule has 76 heavy (non-hydrogen) atoms. The summed E-state index contributed by atoms with van der Waals surface area (Å²) >= 11 is 0. The highest BCUT2D eigenvalue weighted by Gasteiger charge is 2.18. The van der Waals surface area contributed by atoms with Crippen molar-refractivity contribution in [2.75, 3.05) is 6.61 Å². The first kappa shape index (κ1) is 74.1. The maximum Gasteiger partial charge on any atom is 0.220 e. The molecule has 0 saturated heterocycles. The Morgan fingerprint density at radius 3 is 0.855 bits per heavy atom. The average Bonchev–Trinajstić information content (AvgIpc) is 3.42. The monoisotopic (exact) mass is 1060 g/mol.